The minimum absolute atomic E-state index is 0.139. The van der Waals surface area contributed by atoms with Crippen molar-refractivity contribution in [2.45, 2.75) is 33.2 Å². The van der Waals surface area contributed by atoms with Crippen molar-refractivity contribution in [2.24, 2.45) is 7.05 Å². The van der Waals surface area contributed by atoms with E-state index in [2.05, 4.69) is 0 Å². The average molecular weight is 280 g/mol. The van der Waals surface area contributed by atoms with Crippen molar-refractivity contribution in [3.05, 3.63) is 23.5 Å². The molecule has 1 rings (SSSR count). The summed E-state index contributed by atoms with van der Waals surface area (Å²) in [6, 6.07) is 1.49. The first-order valence-corrected chi connectivity index (χ1v) is 6.35. The molecular weight excluding hydrogens is 260 g/mol. The smallest absolute Gasteiger partial charge is 0.329 e. The molecule has 110 valence electrons. The number of ketones is 1. The third kappa shape index (κ3) is 2.74. The van der Waals surface area contributed by atoms with E-state index in [4.69, 9.17) is 0 Å². The Balaban J connectivity index is 3.22. The van der Waals surface area contributed by atoms with Gasteiger partial charge in [-0.1, -0.05) is 0 Å². The Morgan fingerprint density at radius 2 is 1.90 bits per heavy atom. The summed E-state index contributed by atoms with van der Waals surface area (Å²) in [6.07, 6.45) is 1.57. The molecule has 1 amide bonds. The van der Waals surface area contributed by atoms with Gasteiger partial charge < -0.3 is 14.6 Å². The first kappa shape index (κ1) is 15.9. The number of rotatable bonds is 5. The molecule has 0 unspecified atom stereocenters. The second-order valence-electron chi connectivity index (χ2n) is 5.19. The lowest BCUT2D eigenvalue weighted by molar-refractivity contribution is -0.147. The standard InChI is InChI=1S/C14H20N2O4/c1-6-16(14(3,4)13(19)20)12(18)11-7-10(9(2)17)8-15(11)5/h7-8H,6H2,1-5H3,(H,19,20). The molecule has 0 aliphatic carbocycles. The number of carboxylic acid groups (broad SMARTS) is 1. The summed E-state index contributed by atoms with van der Waals surface area (Å²) >= 11 is 0. The molecule has 6 nitrogen and oxygen atoms in total. The average Bonchev–Trinajstić information content (AvgIpc) is 2.71. The van der Waals surface area contributed by atoms with E-state index < -0.39 is 17.4 Å². The number of hydrogen-bond acceptors (Lipinski definition) is 3. The van der Waals surface area contributed by atoms with Crippen molar-refractivity contribution in [3.8, 4) is 0 Å². The second kappa shape index (κ2) is 5.48. The minimum Gasteiger partial charge on any atom is -0.480 e. The zero-order valence-corrected chi connectivity index (χ0v) is 12.4. The van der Waals surface area contributed by atoms with E-state index in [-0.39, 0.29) is 12.3 Å². The van der Waals surface area contributed by atoms with Crippen LogP contribution in [0, 0.1) is 0 Å². The van der Waals surface area contributed by atoms with Gasteiger partial charge in [0, 0.05) is 25.4 Å². The Kier molecular flexibility index (Phi) is 4.37. The molecule has 0 aliphatic rings. The highest BCUT2D eigenvalue weighted by molar-refractivity contribution is 6.00. The molecular formula is C14H20N2O4. The zero-order chi connectivity index (χ0) is 15.7. The summed E-state index contributed by atoms with van der Waals surface area (Å²) in [5.41, 5.74) is -0.585. The summed E-state index contributed by atoms with van der Waals surface area (Å²) < 4.78 is 1.54. The highest BCUT2D eigenvalue weighted by atomic mass is 16.4. The highest BCUT2D eigenvalue weighted by Gasteiger charge is 2.38. The molecule has 0 spiro atoms. The summed E-state index contributed by atoms with van der Waals surface area (Å²) in [7, 11) is 1.65. The molecule has 1 N–H and O–H groups in total. The predicted octanol–water partition coefficient (Wildman–Crippen LogP) is 1.55. The van der Waals surface area contributed by atoms with Crippen LogP contribution in [0.3, 0.4) is 0 Å². The molecule has 0 fully saturated rings. The fourth-order valence-corrected chi connectivity index (χ4v) is 2.02. The number of aliphatic carboxylic acids is 1. The van der Waals surface area contributed by atoms with Crippen molar-refractivity contribution in [1.29, 1.82) is 0 Å². The van der Waals surface area contributed by atoms with Crippen LogP contribution in [0.2, 0.25) is 0 Å². The Morgan fingerprint density at radius 3 is 2.25 bits per heavy atom. The molecule has 1 aromatic heterocycles. The van der Waals surface area contributed by atoms with Gasteiger partial charge in [0.05, 0.1) is 0 Å². The van der Waals surface area contributed by atoms with Crippen LogP contribution in [0.15, 0.2) is 12.3 Å². The Bertz CT molecular complexity index is 558. The molecule has 20 heavy (non-hydrogen) atoms. The fraction of sp³-hybridized carbons (Fsp3) is 0.500. The fourth-order valence-electron chi connectivity index (χ4n) is 2.02. The Hall–Kier alpha value is -2.11. The second-order valence-corrected chi connectivity index (χ2v) is 5.19. The molecule has 0 saturated heterocycles. The number of carbonyl (C=O) groups excluding carboxylic acids is 2. The lowest BCUT2D eigenvalue weighted by atomic mass is 10.0. The summed E-state index contributed by atoms with van der Waals surface area (Å²) in [6.45, 7) is 6.36. The molecule has 0 radical (unpaired) electrons. The maximum atomic E-state index is 12.5. The van der Waals surface area contributed by atoms with Gasteiger partial charge in [-0.15, -0.1) is 0 Å². The van der Waals surface area contributed by atoms with Gasteiger partial charge in [-0.25, -0.2) is 4.79 Å². The van der Waals surface area contributed by atoms with Gasteiger partial charge >= 0.3 is 5.97 Å². The van der Waals surface area contributed by atoms with Crippen molar-refractivity contribution < 1.29 is 19.5 Å². The van der Waals surface area contributed by atoms with Crippen LogP contribution in [-0.4, -0.2) is 44.3 Å². The van der Waals surface area contributed by atoms with E-state index in [1.807, 2.05) is 0 Å². The van der Waals surface area contributed by atoms with Crippen LogP contribution in [0.4, 0.5) is 0 Å². The van der Waals surface area contributed by atoms with Gasteiger partial charge in [0.15, 0.2) is 5.78 Å². The summed E-state index contributed by atoms with van der Waals surface area (Å²) in [5, 5.41) is 9.25. The van der Waals surface area contributed by atoms with Gasteiger partial charge in [0.25, 0.3) is 5.91 Å². The number of carbonyl (C=O) groups is 3. The number of amides is 1. The van der Waals surface area contributed by atoms with Crippen LogP contribution < -0.4 is 0 Å². The van der Waals surface area contributed by atoms with E-state index in [1.54, 1.807) is 24.7 Å². The molecule has 1 heterocycles. The van der Waals surface area contributed by atoms with Gasteiger partial charge in [-0.2, -0.15) is 0 Å². The summed E-state index contributed by atoms with van der Waals surface area (Å²) in [5.74, 6) is -1.62. The number of aryl methyl sites for hydroxylation is 1. The van der Waals surface area contributed by atoms with E-state index >= 15 is 0 Å². The van der Waals surface area contributed by atoms with Crippen LogP contribution >= 0.6 is 0 Å². The first-order valence-electron chi connectivity index (χ1n) is 6.35. The topological polar surface area (TPSA) is 79.6 Å². The SMILES string of the molecule is CCN(C(=O)c1cc(C(C)=O)cn1C)C(C)(C)C(=O)O. The molecule has 6 heteroatoms. The van der Waals surface area contributed by atoms with Crippen LogP contribution in [0.5, 0.6) is 0 Å². The van der Waals surface area contributed by atoms with E-state index in [1.165, 1.54) is 31.7 Å². The maximum absolute atomic E-state index is 12.5. The largest absolute Gasteiger partial charge is 0.480 e. The van der Waals surface area contributed by atoms with Gasteiger partial charge in [-0.05, 0) is 33.8 Å². The Labute approximate surface area is 118 Å². The molecule has 1 aromatic rings. The van der Waals surface area contributed by atoms with Crippen LogP contribution in [0.25, 0.3) is 0 Å². The van der Waals surface area contributed by atoms with Gasteiger partial charge in [0.1, 0.15) is 11.2 Å². The lowest BCUT2D eigenvalue weighted by Gasteiger charge is -2.34. The zero-order valence-electron chi connectivity index (χ0n) is 12.4. The normalized spacial score (nSPS) is 11.2. The van der Waals surface area contributed by atoms with Crippen molar-refractivity contribution in [1.82, 2.24) is 9.47 Å². The summed E-state index contributed by atoms with van der Waals surface area (Å²) in [4.78, 5) is 36.4. The van der Waals surface area contributed by atoms with Crippen LogP contribution in [-0.2, 0) is 11.8 Å². The van der Waals surface area contributed by atoms with E-state index in [9.17, 15) is 19.5 Å². The minimum atomic E-state index is -1.31. The maximum Gasteiger partial charge on any atom is 0.329 e. The first-order chi connectivity index (χ1) is 9.12. The highest BCUT2D eigenvalue weighted by Crippen LogP contribution is 2.19. The number of carboxylic acids is 1. The lowest BCUT2D eigenvalue weighted by Crippen LogP contribution is -2.53. The van der Waals surface area contributed by atoms with Gasteiger partial charge in [-0.3, -0.25) is 9.59 Å². The van der Waals surface area contributed by atoms with Crippen molar-refractivity contribution in [3.63, 3.8) is 0 Å². The van der Waals surface area contributed by atoms with Crippen molar-refractivity contribution in [2.75, 3.05) is 6.54 Å². The Morgan fingerprint density at radius 1 is 1.35 bits per heavy atom. The van der Waals surface area contributed by atoms with Gasteiger partial charge in [0.2, 0.25) is 0 Å². The molecule has 0 bridgehead atoms. The third-order valence-electron chi connectivity index (χ3n) is 3.39. The number of Topliss-reactive ketones (excluding diaryl/α,β-unsaturated/α-hetero) is 1. The molecule has 0 aliphatic heterocycles. The van der Waals surface area contributed by atoms with E-state index in [0.29, 0.717) is 11.3 Å². The van der Waals surface area contributed by atoms with E-state index in [0.717, 1.165) is 0 Å². The van der Waals surface area contributed by atoms with Crippen LogP contribution in [0.1, 0.15) is 48.5 Å². The van der Waals surface area contributed by atoms with Crippen molar-refractivity contribution >= 4 is 17.7 Å². The third-order valence-corrected chi connectivity index (χ3v) is 3.39. The number of likely N-dealkylation sites (N-methyl/N-ethyl adjacent to an activating group) is 1. The number of nitrogens with zero attached hydrogens (tertiary/aromatic N) is 2. The molecule has 0 atom stereocenters. The predicted molar refractivity (Wildman–Crippen MR) is 73.8 cm³/mol. The molecule has 0 aromatic carbocycles. The quantitative estimate of drug-likeness (QED) is 0.830. The molecule has 0 saturated carbocycles. The monoisotopic (exact) mass is 280 g/mol. The number of aromatic nitrogens is 1. The number of hydrogen-bond donors (Lipinski definition) is 1.